The van der Waals surface area contributed by atoms with Crippen LogP contribution in [0.4, 0.5) is 5.69 Å². The van der Waals surface area contributed by atoms with Crippen molar-refractivity contribution in [2.75, 3.05) is 38.1 Å². The lowest BCUT2D eigenvalue weighted by Gasteiger charge is -2.27. The predicted octanol–water partition coefficient (Wildman–Crippen LogP) is 1.38. The maximum atomic E-state index is 13.0. The smallest absolute Gasteiger partial charge is 0.261 e. The van der Waals surface area contributed by atoms with Gasteiger partial charge in [0.25, 0.3) is 15.9 Å². The maximum Gasteiger partial charge on any atom is 0.261 e. The molecular formula is C20H23N3O6S. The molecule has 30 heavy (non-hydrogen) atoms. The van der Waals surface area contributed by atoms with E-state index in [1.807, 2.05) is 0 Å². The van der Waals surface area contributed by atoms with Crippen molar-refractivity contribution in [1.29, 1.82) is 0 Å². The Hall–Kier alpha value is -3.11. The number of nitrogens with zero attached hydrogens (tertiary/aromatic N) is 1. The summed E-state index contributed by atoms with van der Waals surface area (Å²) in [5, 5.41) is 0. The summed E-state index contributed by atoms with van der Waals surface area (Å²) in [6.07, 6.45) is 0. The van der Waals surface area contributed by atoms with Gasteiger partial charge in [0.15, 0.2) is 0 Å². The summed E-state index contributed by atoms with van der Waals surface area (Å²) in [5.74, 6) is -0.715. The lowest BCUT2D eigenvalue weighted by Crippen LogP contribution is -2.40. The first-order chi connectivity index (χ1) is 14.2. The summed E-state index contributed by atoms with van der Waals surface area (Å²) in [6.45, 7) is 3.26. The summed E-state index contributed by atoms with van der Waals surface area (Å²) in [4.78, 5) is 25.9. The number of hydrogen-bond acceptors (Lipinski definition) is 6. The van der Waals surface area contributed by atoms with Crippen LogP contribution < -0.4 is 15.2 Å². The molecule has 160 valence electrons. The lowest BCUT2D eigenvalue weighted by atomic mass is 10.1. The van der Waals surface area contributed by atoms with Crippen LogP contribution in [0.2, 0.25) is 0 Å². The number of benzene rings is 2. The Labute approximate surface area is 174 Å². The van der Waals surface area contributed by atoms with Gasteiger partial charge in [-0.3, -0.25) is 14.3 Å². The molecule has 2 aromatic rings. The first-order valence-corrected chi connectivity index (χ1v) is 10.7. The van der Waals surface area contributed by atoms with E-state index >= 15 is 0 Å². The van der Waals surface area contributed by atoms with Gasteiger partial charge in [-0.25, -0.2) is 8.42 Å². The second kappa shape index (κ2) is 8.72. The number of ether oxygens (including phenoxy) is 2. The number of primary amides is 1. The van der Waals surface area contributed by atoms with Crippen LogP contribution in [0.25, 0.3) is 0 Å². The van der Waals surface area contributed by atoms with Gasteiger partial charge >= 0.3 is 0 Å². The van der Waals surface area contributed by atoms with Gasteiger partial charge in [0, 0.05) is 18.7 Å². The molecule has 3 N–H and O–H groups in total. The molecule has 0 spiro atoms. The van der Waals surface area contributed by atoms with E-state index in [1.54, 1.807) is 11.8 Å². The van der Waals surface area contributed by atoms with Gasteiger partial charge in [-0.1, -0.05) is 6.07 Å². The Morgan fingerprint density at radius 3 is 2.47 bits per heavy atom. The highest BCUT2D eigenvalue weighted by Gasteiger charge is 2.25. The molecule has 9 nitrogen and oxygen atoms in total. The van der Waals surface area contributed by atoms with E-state index in [9.17, 15) is 18.0 Å². The van der Waals surface area contributed by atoms with Gasteiger partial charge in [-0.15, -0.1) is 0 Å². The topological polar surface area (TPSA) is 128 Å². The summed E-state index contributed by atoms with van der Waals surface area (Å²) in [6, 6.07) is 8.66. The predicted molar refractivity (Wildman–Crippen MR) is 110 cm³/mol. The Bertz CT molecular complexity index is 1080. The van der Waals surface area contributed by atoms with Crippen LogP contribution in [-0.4, -0.2) is 58.5 Å². The number of morpholine rings is 1. The highest BCUT2D eigenvalue weighted by atomic mass is 32.2. The number of anilines is 1. The second-order valence-electron chi connectivity index (χ2n) is 6.71. The molecule has 0 atom stereocenters. The zero-order valence-electron chi connectivity index (χ0n) is 16.7. The Morgan fingerprint density at radius 2 is 1.83 bits per heavy atom. The monoisotopic (exact) mass is 433 g/mol. The van der Waals surface area contributed by atoms with Gasteiger partial charge in [0.2, 0.25) is 5.91 Å². The summed E-state index contributed by atoms with van der Waals surface area (Å²) >= 11 is 0. The number of carbonyl (C=O) groups excluding carboxylic acids is 2. The van der Waals surface area contributed by atoms with Crippen molar-refractivity contribution in [2.45, 2.75) is 11.8 Å². The van der Waals surface area contributed by atoms with Crippen molar-refractivity contribution in [3.8, 4) is 5.75 Å². The molecule has 0 aromatic heterocycles. The van der Waals surface area contributed by atoms with E-state index in [0.717, 1.165) is 0 Å². The molecule has 2 amide bonds. The summed E-state index contributed by atoms with van der Waals surface area (Å²) < 4.78 is 38.9. The molecule has 0 unspecified atom stereocenters. The van der Waals surface area contributed by atoms with Crippen molar-refractivity contribution in [1.82, 2.24) is 4.90 Å². The fourth-order valence-corrected chi connectivity index (χ4v) is 4.32. The zero-order valence-corrected chi connectivity index (χ0v) is 17.5. The molecular weight excluding hydrogens is 410 g/mol. The van der Waals surface area contributed by atoms with Crippen molar-refractivity contribution in [3.05, 3.63) is 53.1 Å². The average molecular weight is 433 g/mol. The average Bonchev–Trinajstić information content (AvgIpc) is 2.74. The van der Waals surface area contributed by atoms with Crippen LogP contribution in [0.15, 0.2) is 41.3 Å². The van der Waals surface area contributed by atoms with Gasteiger partial charge in [0.1, 0.15) is 5.75 Å². The first kappa shape index (κ1) is 21.6. The van der Waals surface area contributed by atoms with Crippen molar-refractivity contribution < 1.29 is 27.5 Å². The van der Waals surface area contributed by atoms with Crippen LogP contribution in [-0.2, 0) is 14.8 Å². The van der Waals surface area contributed by atoms with Gasteiger partial charge < -0.3 is 20.1 Å². The number of rotatable bonds is 6. The number of nitrogens with one attached hydrogen (secondary N) is 1. The standard InChI is InChI=1S/C20H23N3O6S/c1-13-15(19(21)24)4-3-5-17(13)22-30(26,27)14-6-7-18(28-2)16(12-14)20(25)23-8-10-29-11-9-23/h3-7,12,22H,8-11H2,1-2H3,(H2,21,24). The fourth-order valence-electron chi connectivity index (χ4n) is 3.17. The van der Waals surface area contributed by atoms with Crippen LogP contribution in [0.5, 0.6) is 5.75 Å². The largest absolute Gasteiger partial charge is 0.496 e. The molecule has 1 fully saturated rings. The molecule has 1 heterocycles. The molecule has 1 saturated heterocycles. The first-order valence-electron chi connectivity index (χ1n) is 9.22. The van der Waals surface area contributed by atoms with E-state index < -0.39 is 15.9 Å². The number of carbonyl (C=O) groups is 2. The number of nitrogens with two attached hydrogens (primary N) is 1. The van der Waals surface area contributed by atoms with Gasteiger partial charge in [-0.2, -0.15) is 0 Å². The zero-order chi connectivity index (χ0) is 21.9. The van der Waals surface area contributed by atoms with Crippen molar-refractivity contribution in [3.63, 3.8) is 0 Å². The molecule has 0 bridgehead atoms. The van der Waals surface area contributed by atoms with Gasteiger partial charge in [-0.05, 0) is 42.8 Å². The molecule has 3 rings (SSSR count). The summed E-state index contributed by atoms with van der Waals surface area (Å²) in [5.41, 5.74) is 6.33. The van der Waals surface area contributed by atoms with Crippen LogP contribution >= 0.6 is 0 Å². The third kappa shape index (κ3) is 4.39. The number of hydrogen-bond donors (Lipinski definition) is 2. The van der Waals surface area contributed by atoms with E-state index in [0.29, 0.717) is 31.9 Å². The molecule has 1 aliphatic heterocycles. The fraction of sp³-hybridized carbons (Fsp3) is 0.300. The van der Waals surface area contributed by atoms with Crippen LogP contribution in [0.3, 0.4) is 0 Å². The Kier molecular flexibility index (Phi) is 6.28. The normalized spacial score (nSPS) is 14.3. The van der Waals surface area contributed by atoms with Crippen molar-refractivity contribution in [2.24, 2.45) is 5.73 Å². The van der Waals surface area contributed by atoms with E-state index in [2.05, 4.69) is 4.72 Å². The highest BCUT2D eigenvalue weighted by Crippen LogP contribution is 2.27. The van der Waals surface area contributed by atoms with E-state index in [4.69, 9.17) is 15.2 Å². The molecule has 0 radical (unpaired) electrons. The minimum absolute atomic E-state index is 0.108. The van der Waals surface area contributed by atoms with E-state index in [1.165, 1.54) is 43.5 Å². The minimum Gasteiger partial charge on any atom is -0.496 e. The molecule has 2 aromatic carbocycles. The lowest BCUT2D eigenvalue weighted by molar-refractivity contribution is 0.0300. The summed E-state index contributed by atoms with van der Waals surface area (Å²) in [7, 11) is -2.63. The third-order valence-electron chi connectivity index (χ3n) is 4.85. The molecule has 0 aliphatic carbocycles. The SMILES string of the molecule is COc1ccc(S(=O)(=O)Nc2cccc(C(N)=O)c2C)cc1C(=O)N1CCOCC1. The van der Waals surface area contributed by atoms with Crippen molar-refractivity contribution >= 4 is 27.5 Å². The number of sulfonamides is 1. The highest BCUT2D eigenvalue weighted by molar-refractivity contribution is 7.92. The quantitative estimate of drug-likeness (QED) is 0.708. The maximum absolute atomic E-state index is 13.0. The molecule has 1 aliphatic rings. The number of methoxy groups -OCH3 is 1. The van der Waals surface area contributed by atoms with Crippen LogP contribution in [0.1, 0.15) is 26.3 Å². The Morgan fingerprint density at radius 1 is 1.13 bits per heavy atom. The van der Waals surface area contributed by atoms with E-state index in [-0.39, 0.29) is 33.4 Å². The third-order valence-corrected chi connectivity index (χ3v) is 6.22. The van der Waals surface area contributed by atoms with Gasteiger partial charge in [0.05, 0.1) is 36.5 Å². The molecule has 10 heteroatoms. The Balaban J connectivity index is 1.96. The van der Waals surface area contributed by atoms with Crippen LogP contribution in [0, 0.1) is 6.92 Å². The molecule has 0 saturated carbocycles. The second-order valence-corrected chi connectivity index (χ2v) is 8.40. The number of amides is 2. The minimum atomic E-state index is -4.04.